The standard InChI is InChI=1S/C15H18N2O5/c1-7(14(21)22)16-12(19)9-4-8-10(17-13(9)20)5-15(2,3)6-11(8)18/h4,7H,5-6H2,1-3H3,(H,16,19)(H,17,20)(H,21,22)/t7-/m0/s1. The third-order valence-electron chi connectivity index (χ3n) is 3.68. The molecule has 0 spiro atoms. The highest BCUT2D eigenvalue weighted by Crippen LogP contribution is 2.33. The Labute approximate surface area is 126 Å². The summed E-state index contributed by atoms with van der Waals surface area (Å²) >= 11 is 0. The number of carboxylic acids is 1. The monoisotopic (exact) mass is 306 g/mol. The Hall–Kier alpha value is -2.44. The number of amides is 1. The molecule has 1 aromatic rings. The number of aromatic amines is 1. The predicted octanol–water partition coefficient (Wildman–Crippen LogP) is 0.733. The number of ketones is 1. The van der Waals surface area contributed by atoms with E-state index in [1.807, 2.05) is 13.8 Å². The lowest BCUT2D eigenvalue weighted by Gasteiger charge is -2.29. The van der Waals surface area contributed by atoms with E-state index < -0.39 is 23.5 Å². The second-order valence-corrected chi connectivity index (χ2v) is 6.38. The first-order chi connectivity index (χ1) is 10.1. The summed E-state index contributed by atoms with van der Waals surface area (Å²) in [5.74, 6) is -2.15. The molecule has 7 nitrogen and oxygen atoms in total. The number of carbonyl (C=O) groups excluding carboxylic acids is 2. The first-order valence-electron chi connectivity index (χ1n) is 6.94. The summed E-state index contributed by atoms with van der Waals surface area (Å²) in [6, 6.07) is 0.132. The van der Waals surface area contributed by atoms with Gasteiger partial charge in [0.2, 0.25) is 0 Å². The van der Waals surface area contributed by atoms with E-state index in [1.54, 1.807) is 0 Å². The van der Waals surface area contributed by atoms with Crippen molar-refractivity contribution in [3.63, 3.8) is 0 Å². The van der Waals surface area contributed by atoms with Crippen molar-refractivity contribution in [2.75, 3.05) is 0 Å². The van der Waals surface area contributed by atoms with Gasteiger partial charge in [-0.05, 0) is 24.8 Å². The molecule has 2 rings (SSSR count). The van der Waals surface area contributed by atoms with Crippen molar-refractivity contribution < 1.29 is 19.5 Å². The number of aromatic nitrogens is 1. The van der Waals surface area contributed by atoms with E-state index in [4.69, 9.17) is 5.11 Å². The van der Waals surface area contributed by atoms with Crippen LogP contribution in [0.3, 0.4) is 0 Å². The molecule has 1 aliphatic rings. The number of carbonyl (C=O) groups is 3. The van der Waals surface area contributed by atoms with Crippen molar-refractivity contribution in [3.8, 4) is 0 Å². The number of Topliss-reactive ketones (excluding diaryl/α,β-unsaturated/α-hetero) is 1. The summed E-state index contributed by atoms with van der Waals surface area (Å²) < 4.78 is 0. The maximum atomic E-state index is 12.2. The third kappa shape index (κ3) is 3.08. The van der Waals surface area contributed by atoms with E-state index in [9.17, 15) is 19.2 Å². The molecule has 0 saturated heterocycles. The Kier molecular flexibility index (Phi) is 3.91. The Morgan fingerprint density at radius 3 is 2.55 bits per heavy atom. The molecule has 1 aromatic heterocycles. The molecule has 0 unspecified atom stereocenters. The topological polar surface area (TPSA) is 116 Å². The van der Waals surface area contributed by atoms with Gasteiger partial charge >= 0.3 is 5.97 Å². The largest absolute Gasteiger partial charge is 0.480 e. The number of hydrogen-bond donors (Lipinski definition) is 3. The number of nitrogens with one attached hydrogen (secondary N) is 2. The minimum Gasteiger partial charge on any atom is -0.480 e. The molecule has 1 atom stereocenters. The van der Waals surface area contributed by atoms with E-state index in [2.05, 4.69) is 10.3 Å². The van der Waals surface area contributed by atoms with Gasteiger partial charge in [0.05, 0.1) is 0 Å². The maximum absolute atomic E-state index is 12.2. The number of rotatable bonds is 3. The smallest absolute Gasteiger partial charge is 0.325 e. The van der Waals surface area contributed by atoms with Gasteiger partial charge in [0, 0.05) is 17.7 Å². The van der Waals surface area contributed by atoms with Crippen molar-refractivity contribution in [1.82, 2.24) is 10.3 Å². The third-order valence-corrected chi connectivity index (χ3v) is 3.68. The van der Waals surface area contributed by atoms with Crippen molar-refractivity contribution >= 4 is 17.7 Å². The lowest BCUT2D eigenvalue weighted by Crippen LogP contribution is -2.41. The van der Waals surface area contributed by atoms with Crippen molar-refractivity contribution in [1.29, 1.82) is 0 Å². The van der Waals surface area contributed by atoms with Gasteiger partial charge in [0.25, 0.3) is 11.5 Å². The molecule has 0 bridgehead atoms. The maximum Gasteiger partial charge on any atom is 0.325 e. The average Bonchev–Trinajstić information content (AvgIpc) is 2.35. The number of aliphatic carboxylic acids is 1. The van der Waals surface area contributed by atoms with Crippen LogP contribution in [0.25, 0.3) is 0 Å². The Balaban J connectivity index is 2.39. The molecule has 0 fully saturated rings. The summed E-state index contributed by atoms with van der Waals surface area (Å²) in [5, 5.41) is 11.0. The number of hydrogen-bond acceptors (Lipinski definition) is 4. The zero-order valence-electron chi connectivity index (χ0n) is 12.6. The molecule has 22 heavy (non-hydrogen) atoms. The van der Waals surface area contributed by atoms with Gasteiger partial charge in [-0.25, -0.2) is 0 Å². The molecule has 0 aromatic carbocycles. The quantitative estimate of drug-likeness (QED) is 0.761. The summed E-state index contributed by atoms with van der Waals surface area (Å²) in [7, 11) is 0. The van der Waals surface area contributed by atoms with E-state index in [0.29, 0.717) is 24.1 Å². The predicted molar refractivity (Wildman–Crippen MR) is 78.1 cm³/mol. The SMILES string of the molecule is C[C@H](NC(=O)c1cc2c([nH]c1=O)CC(C)(C)CC2=O)C(=O)O. The van der Waals surface area contributed by atoms with Crippen molar-refractivity contribution in [3.05, 3.63) is 33.2 Å². The van der Waals surface area contributed by atoms with Crippen LogP contribution >= 0.6 is 0 Å². The highest BCUT2D eigenvalue weighted by atomic mass is 16.4. The van der Waals surface area contributed by atoms with Crippen LogP contribution in [0.2, 0.25) is 0 Å². The lowest BCUT2D eigenvalue weighted by atomic mass is 9.75. The molecule has 1 amide bonds. The Bertz CT molecular complexity index is 717. The van der Waals surface area contributed by atoms with Gasteiger partial charge in [-0.1, -0.05) is 13.8 Å². The van der Waals surface area contributed by atoms with Gasteiger partial charge < -0.3 is 15.4 Å². The van der Waals surface area contributed by atoms with Gasteiger partial charge in [0.1, 0.15) is 11.6 Å². The summed E-state index contributed by atoms with van der Waals surface area (Å²) in [5.41, 5.74) is -0.269. The second kappa shape index (κ2) is 5.40. The molecular weight excluding hydrogens is 288 g/mol. The summed E-state index contributed by atoms with van der Waals surface area (Å²) in [4.78, 5) is 49.5. The van der Waals surface area contributed by atoms with Gasteiger partial charge in [-0.15, -0.1) is 0 Å². The van der Waals surface area contributed by atoms with Crippen LogP contribution in [-0.2, 0) is 11.2 Å². The van der Waals surface area contributed by atoms with Crippen LogP contribution in [0.5, 0.6) is 0 Å². The molecular formula is C15H18N2O5. The fraction of sp³-hybridized carbons (Fsp3) is 0.467. The Morgan fingerprint density at radius 1 is 1.32 bits per heavy atom. The van der Waals surface area contributed by atoms with E-state index >= 15 is 0 Å². The van der Waals surface area contributed by atoms with Gasteiger partial charge in [-0.3, -0.25) is 19.2 Å². The zero-order chi connectivity index (χ0) is 16.7. The molecule has 118 valence electrons. The van der Waals surface area contributed by atoms with Crippen LogP contribution in [-0.4, -0.2) is 33.8 Å². The fourth-order valence-electron chi connectivity index (χ4n) is 2.53. The first kappa shape index (κ1) is 15.9. The van der Waals surface area contributed by atoms with Gasteiger partial charge in [-0.2, -0.15) is 0 Å². The lowest BCUT2D eigenvalue weighted by molar-refractivity contribution is -0.138. The Morgan fingerprint density at radius 2 is 1.95 bits per heavy atom. The molecule has 7 heteroatoms. The van der Waals surface area contributed by atoms with E-state index in [-0.39, 0.29) is 16.8 Å². The van der Waals surface area contributed by atoms with Crippen LogP contribution in [0.15, 0.2) is 10.9 Å². The minimum atomic E-state index is -1.21. The van der Waals surface area contributed by atoms with Crippen LogP contribution in [0.1, 0.15) is 53.6 Å². The molecule has 1 heterocycles. The summed E-state index contributed by atoms with van der Waals surface area (Å²) in [6.07, 6.45) is 0.870. The van der Waals surface area contributed by atoms with Crippen molar-refractivity contribution in [2.45, 2.75) is 39.7 Å². The van der Waals surface area contributed by atoms with E-state index in [0.717, 1.165) is 0 Å². The normalized spacial score (nSPS) is 17.5. The highest BCUT2D eigenvalue weighted by Gasteiger charge is 2.32. The first-order valence-corrected chi connectivity index (χ1v) is 6.94. The van der Waals surface area contributed by atoms with Crippen LogP contribution in [0, 0.1) is 5.41 Å². The second-order valence-electron chi connectivity index (χ2n) is 6.38. The molecule has 0 aliphatic heterocycles. The number of H-pyrrole nitrogens is 1. The average molecular weight is 306 g/mol. The number of pyridine rings is 1. The fourth-order valence-corrected chi connectivity index (χ4v) is 2.53. The van der Waals surface area contributed by atoms with Crippen molar-refractivity contribution in [2.24, 2.45) is 5.41 Å². The molecule has 1 aliphatic carbocycles. The molecule has 0 saturated carbocycles. The number of carboxylic acid groups (broad SMARTS) is 1. The van der Waals surface area contributed by atoms with Gasteiger partial charge in [0.15, 0.2) is 5.78 Å². The number of fused-ring (bicyclic) bond motifs is 1. The highest BCUT2D eigenvalue weighted by molar-refractivity contribution is 6.02. The molecule has 0 radical (unpaired) electrons. The summed E-state index contributed by atoms with van der Waals surface area (Å²) in [6.45, 7) is 5.16. The molecule has 3 N–H and O–H groups in total. The minimum absolute atomic E-state index is 0.136. The van der Waals surface area contributed by atoms with E-state index in [1.165, 1.54) is 13.0 Å². The van der Waals surface area contributed by atoms with Crippen LogP contribution < -0.4 is 10.9 Å². The van der Waals surface area contributed by atoms with Crippen LogP contribution in [0.4, 0.5) is 0 Å². The zero-order valence-corrected chi connectivity index (χ0v) is 12.6.